The monoisotopic (exact) mass is 442 g/mol. The Morgan fingerprint density at radius 1 is 0.677 bits per heavy atom. The van der Waals surface area contributed by atoms with Crippen LogP contribution in [0.2, 0.25) is 0 Å². The molecule has 0 amide bonds. The van der Waals surface area contributed by atoms with Gasteiger partial charge in [-0.2, -0.15) is 0 Å². The first-order valence-corrected chi connectivity index (χ1v) is 14.3. The van der Waals surface area contributed by atoms with Crippen LogP contribution in [0, 0.1) is 47.3 Å². The molecule has 8 bridgehead atoms. The minimum absolute atomic E-state index is 0.433. The Kier molecular flexibility index (Phi) is 4.33. The van der Waals surface area contributed by atoms with Crippen molar-refractivity contribution in [3.05, 3.63) is 29.3 Å². The van der Waals surface area contributed by atoms with Crippen molar-refractivity contribution in [1.82, 2.24) is 0 Å². The fraction of sp³-hybridized carbons (Fsp3) is 0.769. The molecule has 2 N–H and O–H groups in total. The van der Waals surface area contributed by atoms with Crippen LogP contribution in [0.5, 0.6) is 5.75 Å². The summed E-state index contributed by atoms with van der Waals surface area (Å²) >= 11 is 0. The van der Waals surface area contributed by atoms with Crippen molar-refractivity contribution in [2.45, 2.75) is 76.0 Å². The van der Waals surface area contributed by atoms with E-state index in [0.29, 0.717) is 29.4 Å². The molecule has 168 valence electrons. The molecule has 1 aromatic rings. The number of benzene rings is 1. The van der Waals surface area contributed by atoms with Gasteiger partial charge >= 0.3 is 7.82 Å². The molecular weight excluding hydrogens is 407 g/mol. The summed E-state index contributed by atoms with van der Waals surface area (Å²) in [6.07, 6.45) is 13.6. The Balaban J connectivity index is 1.35. The van der Waals surface area contributed by atoms with Crippen LogP contribution >= 0.6 is 7.82 Å². The second-order valence-corrected chi connectivity index (χ2v) is 13.4. The van der Waals surface area contributed by atoms with E-state index >= 15 is 0 Å². The standard InChI is InChI=1S/C26H35O4P/c27-31(28,29)30-23-3-1-2-22(24-18-6-14-4-15(8-18)9-19(24)7-14)26(23)25-20-10-16-5-17(12-20)13-21(25)11-16/h1-3,14-21,24-25H,4-13H2,(H2,27,28,29). The summed E-state index contributed by atoms with van der Waals surface area (Å²) in [4.78, 5) is 19.5. The molecule has 4 nitrogen and oxygen atoms in total. The lowest BCUT2D eigenvalue weighted by atomic mass is 9.48. The highest BCUT2D eigenvalue weighted by Gasteiger charge is 2.53. The van der Waals surface area contributed by atoms with Gasteiger partial charge in [-0.3, -0.25) is 9.79 Å². The Hall–Kier alpha value is -0.830. The molecule has 0 spiro atoms. The maximum Gasteiger partial charge on any atom is 0.524 e. The van der Waals surface area contributed by atoms with Crippen molar-refractivity contribution in [2.24, 2.45) is 47.3 Å². The van der Waals surface area contributed by atoms with E-state index in [1.54, 1.807) is 0 Å². The first-order chi connectivity index (χ1) is 14.9. The summed E-state index contributed by atoms with van der Waals surface area (Å²) in [6.45, 7) is 0. The summed E-state index contributed by atoms with van der Waals surface area (Å²) in [5.41, 5.74) is 2.63. The van der Waals surface area contributed by atoms with E-state index in [0.717, 1.165) is 35.5 Å². The molecule has 8 aliphatic rings. The largest absolute Gasteiger partial charge is 0.524 e. The fourth-order valence-corrected chi connectivity index (χ4v) is 10.7. The zero-order chi connectivity index (χ0) is 20.9. The lowest BCUT2D eigenvalue weighted by Gasteiger charge is -2.57. The van der Waals surface area contributed by atoms with Gasteiger partial charge in [-0.15, -0.1) is 0 Å². The van der Waals surface area contributed by atoms with Crippen LogP contribution in [0.3, 0.4) is 0 Å². The number of rotatable bonds is 4. The average Bonchev–Trinajstić information content (AvgIpc) is 2.66. The lowest BCUT2D eigenvalue weighted by molar-refractivity contribution is -0.0116. The smallest absolute Gasteiger partial charge is 0.404 e. The van der Waals surface area contributed by atoms with Crippen molar-refractivity contribution < 1.29 is 18.9 Å². The van der Waals surface area contributed by atoms with Gasteiger partial charge in [0.15, 0.2) is 0 Å². The highest BCUT2D eigenvalue weighted by atomic mass is 31.2. The van der Waals surface area contributed by atoms with E-state index in [1.165, 1.54) is 75.3 Å². The zero-order valence-corrected chi connectivity index (χ0v) is 19.1. The zero-order valence-electron chi connectivity index (χ0n) is 18.2. The Labute approximate surface area is 185 Å². The molecule has 8 saturated carbocycles. The third-order valence-electron chi connectivity index (χ3n) is 10.5. The van der Waals surface area contributed by atoms with E-state index in [2.05, 4.69) is 6.07 Å². The number of phosphoric ester groups is 1. The maximum absolute atomic E-state index is 11.9. The van der Waals surface area contributed by atoms with E-state index in [1.807, 2.05) is 12.1 Å². The van der Waals surface area contributed by atoms with Crippen LogP contribution in [-0.2, 0) is 4.57 Å². The van der Waals surface area contributed by atoms with Crippen LogP contribution in [0.15, 0.2) is 18.2 Å². The average molecular weight is 443 g/mol. The van der Waals surface area contributed by atoms with Gasteiger partial charge in [-0.1, -0.05) is 12.1 Å². The molecule has 9 rings (SSSR count). The molecule has 31 heavy (non-hydrogen) atoms. The Bertz CT molecular complexity index is 879. The van der Waals surface area contributed by atoms with E-state index in [4.69, 9.17) is 4.52 Å². The van der Waals surface area contributed by atoms with Crippen LogP contribution < -0.4 is 4.52 Å². The fourth-order valence-electron chi connectivity index (χ4n) is 10.2. The third-order valence-corrected chi connectivity index (χ3v) is 10.9. The minimum atomic E-state index is -4.59. The van der Waals surface area contributed by atoms with Crippen LogP contribution in [0.4, 0.5) is 0 Å². The van der Waals surface area contributed by atoms with Gasteiger partial charge in [0.25, 0.3) is 0 Å². The van der Waals surface area contributed by atoms with E-state index < -0.39 is 7.82 Å². The second-order valence-electron chi connectivity index (χ2n) is 12.3. The van der Waals surface area contributed by atoms with Crippen molar-refractivity contribution in [1.29, 1.82) is 0 Å². The first-order valence-electron chi connectivity index (χ1n) is 12.8. The quantitative estimate of drug-likeness (QED) is 0.542. The van der Waals surface area contributed by atoms with Crippen LogP contribution in [0.1, 0.15) is 87.2 Å². The molecule has 0 heterocycles. The minimum Gasteiger partial charge on any atom is -0.404 e. The molecule has 0 atom stereocenters. The number of hydrogen-bond donors (Lipinski definition) is 2. The van der Waals surface area contributed by atoms with Gasteiger partial charge in [-0.05, 0) is 135 Å². The number of hydrogen-bond acceptors (Lipinski definition) is 2. The van der Waals surface area contributed by atoms with Crippen LogP contribution in [0.25, 0.3) is 0 Å². The molecule has 8 aliphatic carbocycles. The van der Waals surface area contributed by atoms with Crippen molar-refractivity contribution in [3.63, 3.8) is 0 Å². The highest BCUT2D eigenvalue weighted by molar-refractivity contribution is 7.46. The van der Waals surface area contributed by atoms with Gasteiger partial charge in [0, 0.05) is 5.56 Å². The first kappa shape index (κ1) is 19.6. The normalized spacial score (nSPS) is 47.2. The summed E-state index contributed by atoms with van der Waals surface area (Å²) in [5, 5.41) is 0. The molecule has 0 aliphatic heterocycles. The second kappa shape index (κ2) is 6.84. The predicted octanol–water partition coefficient (Wildman–Crippen LogP) is 6.24. The summed E-state index contributed by atoms with van der Waals surface area (Å²) in [6, 6.07) is 6.17. The summed E-state index contributed by atoms with van der Waals surface area (Å²) < 4.78 is 17.4. The highest BCUT2D eigenvalue weighted by Crippen LogP contribution is 2.65. The molecule has 0 aromatic heterocycles. The molecule has 1 aromatic carbocycles. The molecule has 8 fully saturated rings. The van der Waals surface area contributed by atoms with Crippen LogP contribution in [-0.4, -0.2) is 9.79 Å². The Morgan fingerprint density at radius 2 is 1.13 bits per heavy atom. The van der Waals surface area contributed by atoms with Gasteiger partial charge in [-0.25, -0.2) is 4.57 Å². The van der Waals surface area contributed by atoms with Crippen molar-refractivity contribution in [2.75, 3.05) is 0 Å². The lowest BCUT2D eigenvalue weighted by Crippen LogP contribution is -2.46. The van der Waals surface area contributed by atoms with Crippen molar-refractivity contribution in [3.8, 4) is 5.75 Å². The van der Waals surface area contributed by atoms with E-state index in [-0.39, 0.29) is 0 Å². The molecule has 0 radical (unpaired) electrons. The Morgan fingerprint density at radius 3 is 1.58 bits per heavy atom. The summed E-state index contributed by atoms with van der Waals surface area (Å²) in [5.74, 6) is 8.00. The number of phosphoric acid groups is 1. The van der Waals surface area contributed by atoms with E-state index in [9.17, 15) is 14.4 Å². The molecule has 0 unspecified atom stereocenters. The van der Waals surface area contributed by atoms with Crippen molar-refractivity contribution >= 4 is 7.82 Å². The predicted molar refractivity (Wildman–Crippen MR) is 119 cm³/mol. The maximum atomic E-state index is 11.9. The van der Waals surface area contributed by atoms with Gasteiger partial charge in [0.1, 0.15) is 5.75 Å². The molecule has 5 heteroatoms. The SMILES string of the molecule is O=P(O)(O)Oc1cccc(C2C3CC4CC(C3)CC2C4)c1C1C2CC3CC(C2)CC1C3. The topological polar surface area (TPSA) is 66.8 Å². The molecule has 0 saturated heterocycles. The third kappa shape index (κ3) is 3.19. The summed E-state index contributed by atoms with van der Waals surface area (Å²) in [7, 11) is -4.59. The van der Waals surface area contributed by atoms with Gasteiger partial charge in [0.05, 0.1) is 0 Å². The molecular formula is C26H35O4P. The van der Waals surface area contributed by atoms with Gasteiger partial charge in [0.2, 0.25) is 0 Å². The van der Waals surface area contributed by atoms with Gasteiger partial charge < -0.3 is 4.52 Å².